The summed E-state index contributed by atoms with van der Waals surface area (Å²) in [6, 6.07) is 0. The number of allylic oxidation sites excluding steroid dienone is 2. The molecule has 0 saturated heterocycles. The number of carbonyl (C=O) groups is 1. The van der Waals surface area contributed by atoms with E-state index in [0.717, 1.165) is 6.42 Å². The first kappa shape index (κ1) is 87.0. The van der Waals surface area contributed by atoms with Gasteiger partial charge < -0.3 is 26.9 Å². The maximum Gasteiger partial charge on any atom is 0.412 e. The van der Waals surface area contributed by atoms with Crippen molar-refractivity contribution in [2.75, 3.05) is 26.0 Å². The van der Waals surface area contributed by atoms with Crippen molar-refractivity contribution in [1.29, 1.82) is 0 Å². The molecular formula is C66H129F6O10PSi5. The van der Waals surface area contributed by atoms with Crippen molar-refractivity contribution in [3.63, 3.8) is 0 Å². The van der Waals surface area contributed by atoms with Crippen molar-refractivity contribution < 1.29 is 71.6 Å². The van der Waals surface area contributed by atoms with Crippen molar-refractivity contribution in [1.82, 2.24) is 0 Å². The van der Waals surface area contributed by atoms with E-state index in [0.29, 0.717) is 25.9 Å². The van der Waals surface area contributed by atoms with Gasteiger partial charge in [-0.05, 0) is 134 Å². The fourth-order valence-corrected chi connectivity index (χ4v) is 16.7. The van der Waals surface area contributed by atoms with Crippen LogP contribution in [0.1, 0.15) is 171 Å². The number of alkyl halides is 6. The Morgan fingerprint density at radius 2 is 0.909 bits per heavy atom. The van der Waals surface area contributed by atoms with Gasteiger partial charge in [0.2, 0.25) is 0 Å². The van der Waals surface area contributed by atoms with Gasteiger partial charge in [-0.25, -0.2) is 0 Å². The largest absolute Gasteiger partial charge is 0.461 e. The second-order valence-corrected chi connectivity index (χ2v) is 59.1. The Kier molecular flexibility index (Phi) is 33.3. The van der Waals surface area contributed by atoms with Gasteiger partial charge >= 0.3 is 25.9 Å². The molecule has 0 amide bonds. The first-order chi connectivity index (χ1) is 39.0. The molecule has 0 spiro atoms. The predicted octanol–water partition coefficient (Wildman–Crippen LogP) is 22.1. The molecule has 10 nitrogen and oxygen atoms in total. The molecule has 88 heavy (non-hydrogen) atoms. The minimum Gasteiger partial charge on any atom is -0.461 e. The van der Waals surface area contributed by atoms with E-state index in [1.54, 1.807) is 19.1 Å². The van der Waals surface area contributed by atoms with Crippen molar-refractivity contribution in [3.05, 3.63) is 49.1 Å². The van der Waals surface area contributed by atoms with E-state index in [4.69, 9.17) is 26.9 Å². The normalized spacial score (nSPS) is 18.7. The Labute approximate surface area is 539 Å². The SMILES string of the molecule is C=C/C=C/[C@H](C)[C@H](OC(=O)CP(=O)(OCC(F)(F)F)OCC(F)(F)F)[C@@H](C)[C@@H](CC[C@H](C)C[C@H](C)[C@@H](O[Si](C)(C)C(C)(C)C)[C@@H](C)C=C[C@H](C[C@H](O[Si](C)(C)C(C)(C)C)[C@H](C)/C=C/CO[Si](C)(C)C(C)(C)C)O[Si](C)(C)C(C)(C)C)O[Si](C)(C)C(C)(C)C. The molecule has 0 saturated carbocycles. The maximum atomic E-state index is 13.7. The van der Waals surface area contributed by atoms with Crippen molar-refractivity contribution in [3.8, 4) is 0 Å². The van der Waals surface area contributed by atoms with Gasteiger partial charge in [-0.1, -0.05) is 195 Å². The van der Waals surface area contributed by atoms with Crippen LogP contribution in [-0.4, -0.2) is 116 Å². The smallest absolute Gasteiger partial charge is 0.412 e. The quantitative estimate of drug-likeness (QED) is 0.0150. The molecule has 0 heterocycles. The fourth-order valence-electron chi connectivity index (χ4n) is 8.82. The number of carbonyl (C=O) groups excluding carboxylic acids is 1. The number of halogens is 6. The molecule has 11 atom stereocenters. The Hall–Kier alpha value is -0.956. The summed E-state index contributed by atoms with van der Waals surface area (Å²) in [6.45, 7) is 68.9. The summed E-state index contributed by atoms with van der Waals surface area (Å²) in [7, 11) is -16.8. The Morgan fingerprint density at radius 3 is 1.33 bits per heavy atom. The molecule has 0 aliphatic carbocycles. The van der Waals surface area contributed by atoms with Crippen molar-refractivity contribution >= 4 is 55.2 Å². The van der Waals surface area contributed by atoms with E-state index in [2.05, 4.69) is 237 Å². The lowest BCUT2D eigenvalue weighted by Gasteiger charge is -2.44. The van der Waals surface area contributed by atoms with Gasteiger partial charge in [-0.15, -0.1) is 0 Å². The third kappa shape index (κ3) is 30.2. The number of hydrogen-bond donors (Lipinski definition) is 0. The summed E-state index contributed by atoms with van der Waals surface area (Å²) < 4.78 is 144. The highest BCUT2D eigenvalue weighted by molar-refractivity contribution is 7.54. The number of esters is 1. The van der Waals surface area contributed by atoms with Crippen molar-refractivity contribution in [2.45, 2.75) is 305 Å². The van der Waals surface area contributed by atoms with Crippen LogP contribution < -0.4 is 0 Å². The molecule has 0 bridgehead atoms. The minimum atomic E-state index is -5.32. The zero-order valence-corrected chi connectivity index (χ0v) is 66.9. The van der Waals surface area contributed by atoms with E-state index in [-0.39, 0.29) is 67.2 Å². The van der Waals surface area contributed by atoms with Crippen LogP contribution in [0.25, 0.3) is 0 Å². The average molecular weight is 1370 g/mol. The highest BCUT2D eigenvalue weighted by atomic mass is 31.2. The summed E-state index contributed by atoms with van der Waals surface area (Å²) in [5.74, 6) is -2.19. The number of hydrogen-bond acceptors (Lipinski definition) is 10. The second kappa shape index (κ2) is 33.6. The van der Waals surface area contributed by atoms with Crippen LogP contribution in [0.3, 0.4) is 0 Å². The summed E-state index contributed by atoms with van der Waals surface area (Å²) in [5, 5.41) is -0.287. The van der Waals surface area contributed by atoms with Gasteiger partial charge in [-0.2, -0.15) is 26.3 Å². The first-order valence-corrected chi connectivity index (χ1v) is 48.4. The summed E-state index contributed by atoms with van der Waals surface area (Å²) in [4.78, 5) is 13.7. The Bertz CT molecular complexity index is 2230. The molecule has 0 aliphatic rings. The summed E-state index contributed by atoms with van der Waals surface area (Å²) in [5.41, 5.74) is 0. The molecule has 22 heteroatoms. The number of rotatable bonds is 36. The molecule has 0 aromatic heterocycles. The summed E-state index contributed by atoms with van der Waals surface area (Å²) >= 11 is 0. The van der Waals surface area contributed by atoms with Gasteiger partial charge in [0.25, 0.3) is 0 Å². The van der Waals surface area contributed by atoms with Gasteiger partial charge in [0.05, 0.1) is 31.0 Å². The zero-order valence-electron chi connectivity index (χ0n) is 61.1. The molecule has 0 radical (unpaired) electrons. The highest BCUT2D eigenvalue weighted by Crippen LogP contribution is 2.51. The lowest BCUT2D eigenvalue weighted by Crippen LogP contribution is -2.48. The minimum absolute atomic E-state index is 0.0160. The molecule has 0 aliphatic heterocycles. The van der Waals surface area contributed by atoms with E-state index < -0.39 is 111 Å². The van der Waals surface area contributed by atoms with Crippen LogP contribution in [0.2, 0.25) is 90.7 Å². The average Bonchev–Trinajstić information content (AvgIpc) is 1.88. The van der Waals surface area contributed by atoms with Crippen LogP contribution in [0.4, 0.5) is 26.3 Å². The van der Waals surface area contributed by atoms with Crippen LogP contribution in [0.5, 0.6) is 0 Å². The topological polar surface area (TPSA) is 108 Å². The molecular weight excluding hydrogens is 1240 g/mol. The van der Waals surface area contributed by atoms with Crippen LogP contribution in [0.15, 0.2) is 49.1 Å². The third-order valence-electron chi connectivity index (χ3n) is 19.9. The van der Waals surface area contributed by atoms with Gasteiger partial charge in [0, 0.05) is 18.3 Å². The molecule has 520 valence electrons. The second-order valence-electron chi connectivity index (χ2n) is 33.2. The molecule has 0 rings (SSSR count). The molecule has 0 fully saturated rings. The lowest BCUT2D eigenvalue weighted by molar-refractivity contribution is -0.167. The Morgan fingerprint density at radius 1 is 0.500 bits per heavy atom. The van der Waals surface area contributed by atoms with E-state index in [1.165, 1.54) is 6.08 Å². The Balaban J connectivity index is 7.68. The highest BCUT2D eigenvalue weighted by Gasteiger charge is 2.48. The standard InChI is InChI=1S/C66H129F6O10PSi5/c1-33-34-36-50(4)59(78-57(73)45-83(74,75-46-65(67,68)69)76-47-66(70,71)72)53(7)55(80-86(27,28)62(14,15)16)41-38-48(2)43-52(6)58(82-88(31,32)64(20,21)22)51(5)39-40-54(79-85(25,26)61(11,12)13)44-56(81-87(29,30)63(17,18)19)49(3)37-35-42-77-84(23,24)60(8,9)10/h33-37,39-40,48-56,58-59H,1,38,41-47H2,2-32H3/b36-34+,37-35+,40-39?/t48-,49+,50-,51-,52-,53-,54+,55+,56-,58-,59-/m0/s1. The van der Waals surface area contributed by atoms with Crippen LogP contribution in [0, 0.1) is 35.5 Å². The molecule has 0 unspecified atom stereocenters. The monoisotopic (exact) mass is 1370 g/mol. The van der Waals surface area contributed by atoms with Gasteiger partial charge in [0.15, 0.2) is 54.8 Å². The summed E-state index contributed by atoms with van der Waals surface area (Å²) in [6.07, 6.45) is 2.98. The van der Waals surface area contributed by atoms with Crippen LogP contribution in [-0.2, 0) is 45.3 Å². The fraction of sp³-hybridized carbons (Fsp3) is 0.864. The van der Waals surface area contributed by atoms with Crippen LogP contribution >= 0.6 is 7.60 Å². The van der Waals surface area contributed by atoms with E-state index in [9.17, 15) is 35.7 Å². The van der Waals surface area contributed by atoms with E-state index in [1.807, 2.05) is 6.92 Å². The molecule has 0 N–H and O–H groups in total. The maximum absolute atomic E-state index is 13.7. The lowest BCUT2D eigenvalue weighted by atomic mass is 9.82. The van der Waals surface area contributed by atoms with Gasteiger partial charge in [0.1, 0.15) is 12.3 Å². The first-order valence-electron chi connectivity index (χ1n) is 32.2. The molecule has 0 aromatic carbocycles. The molecule has 0 aromatic rings. The zero-order chi connectivity index (χ0) is 69.7. The number of ether oxygens (including phenoxy) is 1. The van der Waals surface area contributed by atoms with Crippen molar-refractivity contribution in [2.24, 2.45) is 35.5 Å². The third-order valence-corrected chi connectivity index (χ3v) is 44.0. The van der Waals surface area contributed by atoms with Gasteiger partial charge in [-0.3, -0.25) is 18.4 Å². The predicted molar refractivity (Wildman–Crippen MR) is 369 cm³/mol. The van der Waals surface area contributed by atoms with E-state index >= 15 is 0 Å².